The number of fused-ring (bicyclic) bond motifs is 4. The Bertz CT molecular complexity index is 510. The van der Waals surface area contributed by atoms with Crippen LogP contribution in [-0.4, -0.2) is 23.1 Å². The molecule has 1 unspecified atom stereocenters. The minimum absolute atomic E-state index is 0.364. The van der Waals surface area contributed by atoms with Crippen molar-refractivity contribution in [2.75, 3.05) is 13.1 Å². The lowest BCUT2D eigenvalue weighted by molar-refractivity contribution is -0.00734. The van der Waals surface area contributed by atoms with Crippen LogP contribution in [0, 0.1) is 11.3 Å². The Morgan fingerprint density at radius 1 is 1.53 bits per heavy atom. The van der Waals surface area contributed by atoms with Gasteiger partial charge in [0, 0.05) is 12.6 Å². The Kier molecular flexibility index (Phi) is 2.94. The highest BCUT2D eigenvalue weighted by atomic mass is 16.3. The molecule has 1 aliphatic carbocycles. The summed E-state index contributed by atoms with van der Waals surface area (Å²) in [5.41, 5.74) is 3.10. The van der Waals surface area contributed by atoms with Crippen LogP contribution in [0.25, 0.3) is 0 Å². The van der Waals surface area contributed by atoms with Gasteiger partial charge in [-0.15, -0.1) is 6.58 Å². The van der Waals surface area contributed by atoms with Crippen LogP contribution in [0.1, 0.15) is 37.4 Å². The van der Waals surface area contributed by atoms with Gasteiger partial charge < -0.3 is 5.11 Å². The highest BCUT2D eigenvalue weighted by molar-refractivity contribution is 5.41. The van der Waals surface area contributed by atoms with Crippen LogP contribution in [0.2, 0.25) is 0 Å². The molecule has 2 heteroatoms. The van der Waals surface area contributed by atoms with Crippen molar-refractivity contribution in [3.8, 4) is 5.75 Å². The number of piperidine rings is 1. The average Bonchev–Trinajstić information content (AvgIpc) is 2.35. The molecule has 2 nitrogen and oxygen atoms in total. The van der Waals surface area contributed by atoms with Gasteiger partial charge in [0.25, 0.3) is 0 Å². The number of hydrogen-bond acceptors (Lipinski definition) is 2. The number of phenolic OH excluding ortho intramolecular Hbond substituents is 1. The summed E-state index contributed by atoms with van der Waals surface area (Å²) in [5, 5.41) is 9.74. The van der Waals surface area contributed by atoms with E-state index in [0.717, 1.165) is 19.5 Å². The zero-order chi connectivity index (χ0) is 13.6. The van der Waals surface area contributed by atoms with E-state index >= 15 is 0 Å². The highest BCUT2D eigenvalue weighted by Crippen LogP contribution is 2.53. The summed E-state index contributed by atoms with van der Waals surface area (Å²) in [4.78, 5) is 2.54. The highest BCUT2D eigenvalue weighted by Gasteiger charge is 2.47. The second kappa shape index (κ2) is 4.38. The molecule has 1 fully saturated rings. The maximum absolute atomic E-state index is 9.74. The topological polar surface area (TPSA) is 23.5 Å². The predicted octanol–water partition coefficient (Wildman–Crippen LogP) is 3.52. The van der Waals surface area contributed by atoms with Gasteiger partial charge in [0.2, 0.25) is 0 Å². The molecule has 102 valence electrons. The summed E-state index contributed by atoms with van der Waals surface area (Å²) < 4.78 is 0. The Morgan fingerprint density at radius 2 is 2.32 bits per heavy atom. The minimum atomic E-state index is 0.364. The quantitative estimate of drug-likeness (QED) is 0.819. The first-order chi connectivity index (χ1) is 9.05. The standard InChI is InChI=1S/C17H23NO/c1-4-8-18-9-7-17(3)11-13-10-14(19)5-6-15(13)16(18)12(17)2/h4-6,10,12,16,19H,1,7-9,11H2,2-3H3/t12?,16-,17-/m1/s1. The van der Waals surface area contributed by atoms with Crippen LogP contribution < -0.4 is 0 Å². The Hall–Kier alpha value is -1.28. The van der Waals surface area contributed by atoms with Crippen molar-refractivity contribution in [3.05, 3.63) is 42.0 Å². The van der Waals surface area contributed by atoms with E-state index < -0.39 is 0 Å². The molecule has 0 saturated carbocycles. The maximum Gasteiger partial charge on any atom is 0.115 e. The normalized spacial score (nSPS) is 33.8. The van der Waals surface area contributed by atoms with E-state index in [2.05, 4.69) is 31.4 Å². The Labute approximate surface area is 115 Å². The summed E-state index contributed by atoms with van der Waals surface area (Å²) in [5.74, 6) is 1.04. The van der Waals surface area contributed by atoms with Gasteiger partial charge in [0.15, 0.2) is 0 Å². The van der Waals surface area contributed by atoms with Crippen LogP contribution in [-0.2, 0) is 6.42 Å². The van der Waals surface area contributed by atoms with Crippen molar-refractivity contribution < 1.29 is 5.11 Å². The molecule has 2 aliphatic rings. The van der Waals surface area contributed by atoms with E-state index in [1.807, 2.05) is 18.2 Å². The van der Waals surface area contributed by atoms with E-state index in [9.17, 15) is 5.11 Å². The zero-order valence-corrected chi connectivity index (χ0v) is 11.9. The van der Waals surface area contributed by atoms with Crippen LogP contribution in [0.3, 0.4) is 0 Å². The molecule has 1 aromatic rings. The first-order valence-electron chi connectivity index (χ1n) is 7.22. The molecule has 19 heavy (non-hydrogen) atoms. The van der Waals surface area contributed by atoms with Gasteiger partial charge >= 0.3 is 0 Å². The summed E-state index contributed by atoms with van der Waals surface area (Å²) in [7, 11) is 0. The third-order valence-corrected chi connectivity index (χ3v) is 5.34. The number of aromatic hydroxyl groups is 1. The van der Waals surface area contributed by atoms with E-state index in [0.29, 0.717) is 23.1 Å². The predicted molar refractivity (Wildman–Crippen MR) is 78.2 cm³/mol. The van der Waals surface area contributed by atoms with Crippen molar-refractivity contribution in [2.24, 2.45) is 11.3 Å². The molecule has 3 rings (SSSR count). The van der Waals surface area contributed by atoms with E-state index in [1.165, 1.54) is 17.5 Å². The van der Waals surface area contributed by atoms with Crippen molar-refractivity contribution in [1.29, 1.82) is 0 Å². The van der Waals surface area contributed by atoms with E-state index in [1.54, 1.807) is 0 Å². The summed E-state index contributed by atoms with van der Waals surface area (Å²) in [6.45, 7) is 10.8. The van der Waals surface area contributed by atoms with E-state index in [4.69, 9.17) is 0 Å². The summed E-state index contributed by atoms with van der Waals surface area (Å²) in [6, 6.07) is 6.38. The first-order valence-corrected chi connectivity index (χ1v) is 7.22. The molecule has 1 saturated heterocycles. The number of likely N-dealkylation sites (tertiary alicyclic amines) is 1. The lowest BCUT2D eigenvalue weighted by atomic mass is 9.60. The molecule has 1 N–H and O–H groups in total. The number of benzene rings is 1. The fourth-order valence-electron chi connectivity index (χ4n) is 4.02. The lowest BCUT2D eigenvalue weighted by Crippen LogP contribution is -2.51. The second-order valence-electron chi connectivity index (χ2n) is 6.48. The smallest absolute Gasteiger partial charge is 0.115 e. The van der Waals surface area contributed by atoms with Crippen molar-refractivity contribution in [2.45, 2.75) is 32.7 Å². The van der Waals surface area contributed by atoms with E-state index in [-0.39, 0.29) is 0 Å². The number of hydrogen-bond donors (Lipinski definition) is 1. The summed E-state index contributed by atoms with van der Waals surface area (Å²) >= 11 is 0. The van der Waals surface area contributed by atoms with Crippen molar-refractivity contribution in [1.82, 2.24) is 4.90 Å². The molecule has 3 atom stereocenters. The molecule has 0 amide bonds. The van der Waals surface area contributed by atoms with Crippen LogP contribution in [0.4, 0.5) is 0 Å². The third kappa shape index (κ3) is 1.90. The van der Waals surface area contributed by atoms with Crippen LogP contribution >= 0.6 is 0 Å². The van der Waals surface area contributed by atoms with Crippen LogP contribution in [0.15, 0.2) is 30.9 Å². The first kappa shape index (κ1) is 12.7. The lowest BCUT2D eigenvalue weighted by Gasteiger charge is -2.54. The van der Waals surface area contributed by atoms with Gasteiger partial charge in [-0.1, -0.05) is 26.0 Å². The molecule has 0 aromatic heterocycles. The molecule has 1 heterocycles. The van der Waals surface area contributed by atoms with Gasteiger partial charge in [-0.25, -0.2) is 0 Å². The maximum atomic E-state index is 9.74. The monoisotopic (exact) mass is 257 g/mol. The molecule has 1 aromatic carbocycles. The number of phenols is 1. The summed E-state index contributed by atoms with van der Waals surface area (Å²) in [6.07, 6.45) is 4.33. The largest absolute Gasteiger partial charge is 0.508 e. The molecule has 1 aliphatic heterocycles. The molecule has 2 bridgehead atoms. The van der Waals surface area contributed by atoms with Crippen LogP contribution in [0.5, 0.6) is 5.75 Å². The minimum Gasteiger partial charge on any atom is -0.508 e. The van der Waals surface area contributed by atoms with Gasteiger partial charge in [-0.05, 0) is 54.0 Å². The Balaban J connectivity index is 2.09. The SMILES string of the molecule is C=CCN1CC[C@]2(C)Cc3cc(O)ccc3[C@H]1C2C. The van der Waals surface area contributed by atoms with Gasteiger partial charge in [-0.2, -0.15) is 0 Å². The Morgan fingerprint density at radius 3 is 3.05 bits per heavy atom. The second-order valence-corrected chi connectivity index (χ2v) is 6.48. The molecular weight excluding hydrogens is 234 g/mol. The number of nitrogens with zero attached hydrogens (tertiary/aromatic N) is 1. The fourth-order valence-corrected chi connectivity index (χ4v) is 4.02. The van der Waals surface area contributed by atoms with Gasteiger partial charge in [0.05, 0.1) is 0 Å². The van der Waals surface area contributed by atoms with Gasteiger partial charge in [-0.3, -0.25) is 4.90 Å². The fraction of sp³-hybridized carbons (Fsp3) is 0.529. The molecule has 0 spiro atoms. The van der Waals surface area contributed by atoms with Crippen molar-refractivity contribution in [3.63, 3.8) is 0 Å². The average molecular weight is 257 g/mol. The number of rotatable bonds is 2. The zero-order valence-electron chi connectivity index (χ0n) is 11.9. The molecular formula is C17H23NO. The third-order valence-electron chi connectivity index (χ3n) is 5.34. The molecule has 0 radical (unpaired) electrons. The van der Waals surface area contributed by atoms with Crippen molar-refractivity contribution >= 4 is 0 Å². The van der Waals surface area contributed by atoms with Gasteiger partial charge in [0.1, 0.15) is 5.75 Å².